The molecule has 2 aromatic rings. The molecule has 0 aliphatic rings. The van der Waals surface area contributed by atoms with Crippen molar-refractivity contribution in [2.75, 3.05) is 0 Å². The Morgan fingerprint density at radius 1 is 1.22 bits per heavy atom. The Morgan fingerprint density at radius 2 is 2.00 bits per heavy atom. The molecule has 7 heteroatoms. The van der Waals surface area contributed by atoms with Gasteiger partial charge in [-0.3, -0.25) is 15.1 Å². The first-order valence-corrected chi connectivity index (χ1v) is 5.55. The molecule has 0 aliphatic carbocycles. The summed E-state index contributed by atoms with van der Waals surface area (Å²) in [7, 11) is 0. The van der Waals surface area contributed by atoms with Gasteiger partial charge in [-0.25, -0.2) is 0 Å². The normalized spacial score (nSPS) is 10.1. The van der Waals surface area contributed by atoms with E-state index < -0.39 is 4.92 Å². The molecule has 0 saturated heterocycles. The number of nitrogens with zero attached hydrogens (tertiary/aromatic N) is 2. The number of benzene rings is 1. The van der Waals surface area contributed by atoms with Crippen molar-refractivity contribution in [3.63, 3.8) is 0 Å². The average Bonchev–Trinajstić information content (AvgIpc) is 2.34. The first kappa shape index (κ1) is 12.6. The standard InChI is InChI=1S/C11H6Cl2N2O3/c12-7-1-2-8(13)11(5-7)18-10-3-4-14-6-9(10)15(16)17/h1-6H. The Hall–Kier alpha value is -1.85. The fraction of sp³-hybridized carbons (Fsp3) is 0. The Balaban J connectivity index is 2.40. The number of pyridine rings is 1. The summed E-state index contributed by atoms with van der Waals surface area (Å²) in [5.74, 6) is 0.303. The Bertz CT molecular complexity index is 605. The molecule has 0 spiro atoms. The molecule has 0 bridgehead atoms. The van der Waals surface area contributed by atoms with Crippen LogP contribution in [0, 0.1) is 10.1 Å². The van der Waals surface area contributed by atoms with Gasteiger partial charge in [-0.15, -0.1) is 0 Å². The maximum absolute atomic E-state index is 10.8. The molecule has 1 aromatic heterocycles. The number of halogens is 2. The summed E-state index contributed by atoms with van der Waals surface area (Å²) in [5, 5.41) is 11.5. The molecule has 0 amide bonds. The molecule has 0 atom stereocenters. The van der Waals surface area contributed by atoms with Crippen LogP contribution in [0.1, 0.15) is 0 Å². The lowest BCUT2D eigenvalue weighted by molar-refractivity contribution is -0.386. The van der Waals surface area contributed by atoms with Crippen molar-refractivity contribution in [2.24, 2.45) is 0 Å². The Morgan fingerprint density at radius 3 is 2.72 bits per heavy atom. The summed E-state index contributed by atoms with van der Waals surface area (Å²) in [5.41, 5.74) is -0.242. The zero-order chi connectivity index (χ0) is 13.1. The zero-order valence-electron chi connectivity index (χ0n) is 8.84. The van der Waals surface area contributed by atoms with E-state index in [0.717, 1.165) is 6.20 Å². The van der Waals surface area contributed by atoms with Crippen molar-refractivity contribution in [1.82, 2.24) is 4.98 Å². The highest BCUT2D eigenvalue weighted by Gasteiger charge is 2.16. The van der Waals surface area contributed by atoms with E-state index in [1.54, 1.807) is 12.1 Å². The molecule has 1 aromatic carbocycles. The van der Waals surface area contributed by atoms with Gasteiger partial charge in [-0.2, -0.15) is 0 Å². The van der Waals surface area contributed by atoms with Gasteiger partial charge in [-0.1, -0.05) is 23.2 Å². The maximum Gasteiger partial charge on any atom is 0.329 e. The van der Waals surface area contributed by atoms with Gasteiger partial charge in [0.05, 0.1) is 9.95 Å². The lowest BCUT2D eigenvalue weighted by atomic mass is 10.3. The molecule has 0 unspecified atom stereocenters. The van der Waals surface area contributed by atoms with Gasteiger partial charge in [0.1, 0.15) is 11.9 Å². The van der Waals surface area contributed by atoms with Gasteiger partial charge in [0.25, 0.3) is 0 Å². The highest BCUT2D eigenvalue weighted by atomic mass is 35.5. The molecule has 0 saturated carbocycles. The number of rotatable bonds is 3. The van der Waals surface area contributed by atoms with Crippen molar-refractivity contribution in [1.29, 1.82) is 0 Å². The summed E-state index contributed by atoms with van der Waals surface area (Å²) in [4.78, 5) is 13.9. The third kappa shape index (κ3) is 2.69. The zero-order valence-corrected chi connectivity index (χ0v) is 10.4. The van der Waals surface area contributed by atoms with E-state index in [0.29, 0.717) is 10.0 Å². The predicted molar refractivity (Wildman–Crippen MR) is 67.4 cm³/mol. The van der Waals surface area contributed by atoms with E-state index in [4.69, 9.17) is 27.9 Å². The Labute approximate surface area is 112 Å². The van der Waals surface area contributed by atoms with Gasteiger partial charge in [0.2, 0.25) is 5.75 Å². The topological polar surface area (TPSA) is 65.3 Å². The average molecular weight is 285 g/mol. The minimum absolute atomic E-state index is 0.0548. The molecule has 0 radical (unpaired) electrons. The van der Waals surface area contributed by atoms with E-state index in [1.165, 1.54) is 18.3 Å². The van der Waals surface area contributed by atoms with Gasteiger partial charge < -0.3 is 4.74 Å². The molecule has 92 valence electrons. The van der Waals surface area contributed by atoms with Crippen molar-refractivity contribution >= 4 is 28.9 Å². The van der Waals surface area contributed by atoms with Crippen LogP contribution in [0.2, 0.25) is 10.0 Å². The van der Waals surface area contributed by atoms with Crippen LogP contribution in [0.3, 0.4) is 0 Å². The Kier molecular flexibility index (Phi) is 3.64. The minimum Gasteiger partial charge on any atom is -0.448 e. The molecule has 18 heavy (non-hydrogen) atoms. The lowest BCUT2D eigenvalue weighted by Gasteiger charge is -2.07. The molecule has 2 rings (SSSR count). The van der Waals surface area contributed by atoms with Crippen LogP contribution in [0.25, 0.3) is 0 Å². The number of nitro groups is 1. The summed E-state index contributed by atoms with van der Waals surface area (Å²) in [6, 6.07) is 6.01. The molecule has 1 heterocycles. The fourth-order valence-corrected chi connectivity index (χ4v) is 1.59. The van der Waals surface area contributed by atoms with Crippen LogP contribution in [0.4, 0.5) is 5.69 Å². The molecule has 0 N–H and O–H groups in total. The maximum atomic E-state index is 10.8. The first-order valence-electron chi connectivity index (χ1n) is 4.79. The van der Waals surface area contributed by atoms with Crippen molar-refractivity contribution < 1.29 is 9.66 Å². The minimum atomic E-state index is -0.583. The van der Waals surface area contributed by atoms with E-state index in [9.17, 15) is 10.1 Å². The van der Waals surface area contributed by atoms with Gasteiger partial charge in [-0.05, 0) is 12.1 Å². The van der Waals surface area contributed by atoms with Crippen LogP contribution in [-0.4, -0.2) is 9.91 Å². The fourth-order valence-electron chi connectivity index (χ4n) is 1.27. The highest BCUT2D eigenvalue weighted by Crippen LogP contribution is 2.35. The monoisotopic (exact) mass is 284 g/mol. The largest absolute Gasteiger partial charge is 0.448 e. The van der Waals surface area contributed by atoms with Gasteiger partial charge in [0, 0.05) is 23.4 Å². The summed E-state index contributed by atoms with van der Waals surface area (Å²) in [6.07, 6.45) is 2.49. The van der Waals surface area contributed by atoms with Crippen molar-refractivity contribution in [3.05, 3.63) is 56.8 Å². The van der Waals surface area contributed by atoms with E-state index in [-0.39, 0.29) is 17.2 Å². The van der Waals surface area contributed by atoms with Crippen LogP contribution in [-0.2, 0) is 0 Å². The number of ether oxygens (including phenoxy) is 1. The lowest BCUT2D eigenvalue weighted by Crippen LogP contribution is -1.94. The smallest absolute Gasteiger partial charge is 0.329 e. The van der Waals surface area contributed by atoms with Crippen molar-refractivity contribution in [2.45, 2.75) is 0 Å². The summed E-state index contributed by atoms with van der Waals surface area (Å²) >= 11 is 11.7. The second-order valence-electron chi connectivity index (χ2n) is 3.28. The van der Waals surface area contributed by atoms with Crippen LogP contribution in [0.5, 0.6) is 11.5 Å². The molecule has 5 nitrogen and oxygen atoms in total. The summed E-state index contributed by atoms with van der Waals surface area (Å²) in [6.45, 7) is 0. The SMILES string of the molecule is O=[N+]([O-])c1cnccc1Oc1cc(Cl)ccc1Cl. The van der Waals surface area contributed by atoms with Crippen LogP contribution in [0.15, 0.2) is 36.7 Å². The van der Waals surface area contributed by atoms with Crippen LogP contribution >= 0.6 is 23.2 Å². The summed E-state index contributed by atoms with van der Waals surface area (Å²) < 4.78 is 5.38. The molecular formula is C11H6Cl2N2O3. The molecule has 0 fully saturated rings. The molecular weight excluding hydrogens is 279 g/mol. The number of hydrogen-bond acceptors (Lipinski definition) is 4. The third-order valence-electron chi connectivity index (χ3n) is 2.07. The van der Waals surface area contributed by atoms with Crippen LogP contribution < -0.4 is 4.74 Å². The van der Waals surface area contributed by atoms with E-state index >= 15 is 0 Å². The highest BCUT2D eigenvalue weighted by molar-refractivity contribution is 6.34. The third-order valence-corrected chi connectivity index (χ3v) is 2.62. The van der Waals surface area contributed by atoms with Crippen molar-refractivity contribution in [3.8, 4) is 11.5 Å². The van der Waals surface area contributed by atoms with E-state index in [2.05, 4.69) is 4.98 Å². The van der Waals surface area contributed by atoms with Gasteiger partial charge >= 0.3 is 5.69 Å². The predicted octanol–water partition coefficient (Wildman–Crippen LogP) is 4.09. The molecule has 0 aliphatic heterocycles. The quantitative estimate of drug-likeness (QED) is 0.629. The number of aromatic nitrogens is 1. The second kappa shape index (κ2) is 5.20. The first-order chi connectivity index (χ1) is 8.58. The van der Waals surface area contributed by atoms with Gasteiger partial charge in [0.15, 0.2) is 0 Å². The van der Waals surface area contributed by atoms with E-state index in [1.807, 2.05) is 0 Å². The number of hydrogen-bond donors (Lipinski definition) is 0. The second-order valence-corrected chi connectivity index (χ2v) is 4.12.